The minimum absolute atomic E-state index is 0.801. The van der Waals surface area contributed by atoms with Crippen molar-refractivity contribution in [2.75, 3.05) is 26.0 Å². The largest absolute Gasteiger partial charge is 0.353 e. The molecule has 7 heteroatoms. The van der Waals surface area contributed by atoms with Crippen LogP contribution in [0.25, 0.3) is 0 Å². The van der Waals surface area contributed by atoms with E-state index < -0.39 is 0 Å². The summed E-state index contributed by atoms with van der Waals surface area (Å²) in [7, 11) is 5.85. The lowest BCUT2D eigenvalue weighted by molar-refractivity contribution is 0.789. The maximum Gasteiger partial charge on any atom is 0.208 e. The first-order chi connectivity index (χ1) is 8.70. The summed E-state index contributed by atoms with van der Waals surface area (Å²) in [6, 6.07) is 4.02. The molecule has 1 N–H and O–H groups in total. The van der Waals surface area contributed by atoms with Crippen LogP contribution in [0, 0.1) is 0 Å². The highest BCUT2D eigenvalue weighted by atomic mass is 32.2. The predicted molar refractivity (Wildman–Crippen MR) is 75.4 cm³/mol. The van der Waals surface area contributed by atoms with E-state index in [9.17, 15) is 0 Å². The Morgan fingerprint density at radius 2 is 2.22 bits per heavy atom. The van der Waals surface area contributed by atoms with Gasteiger partial charge >= 0.3 is 0 Å². The molecule has 18 heavy (non-hydrogen) atoms. The van der Waals surface area contributed by atoms with Crippen LogP contribution in [-0.2, 0) is 6.54 Å². The number of hydrogen-bond donors (Lipinski definition) is 1. The van der Waals surface area contributed by atoms with Crippen LogP contribution in [0.2, 0.25) is 0 Å². The standard InChI is InChI=1S/C11H15N5S2/c1-12-7-8-5-4-6-13-9(8)17-11-15-14-10(18-11)16(2)3/h4-6,12H,7H2,1-3H3. The zero-order valence-electron chi connectivity index (χ0n) is 10.5. The molecule has 0 aliphatic rings. The van der Waals surface area contributed by atoms with Gasteiger partial charge in [-0.25, -0.2) is 4.98 Å². The molecular formula is C11H15N5S2. The van der Waals surface area contributed by atoms with Gasteiger partial charge < -0.3 is 10.2 Å². The molecule has 0 aromatic carbocycles. The Morgan fingerprint density at radius 1 is 1.39 bits per heavy atom. The van der Waals surface area contributed by atoms with Gasteiger partial charge in [0.2, 0.25) is 5.13 Å². The van der Waals surface area contributed by atoms with Gasteiger partial charge in [0.25, 0.3) is 0 Å². The highest BCUT2D eigenvalue weighted by molar-refractivity contribution is 8.01. The van der Waals surface area contributed by atoms with Crippen molar-refractivity contribution >= 4 is 28.2 Å². The normalized spacial score (nSPS) is 10.6. The van der Waals surface area contributed by atoms with Gasteiger partial charge in [-0.3, -0.25) is 0 Å². The van der Waals surface area contributed by atoms with E-state index in [1.54, 1.807) is 29.3 Å². The molecule has 0 atom stereocenters. The Hall–Kier alpha value is -1.18. The third kappa shape index (κ3) is 3.18. The van der Waals surface area contributed by atoms with Crippen molar-refractivity contribution in [3.8, 4) is 0 Å². The second-order valence-electron chi connectivity index (χ2n) is 3.85. The summed E-state index contributed by atoms with van der Waals surface area (Å²) in [5.41, 5.74) is 1.17. The van der Waals surface area contributed by atoms with Gasteiger partial charge in [0.1, 0.15) is 5.03 Å². The minimum Gasteiger partial charge on any atom is -0.353 e. The lowest BCUT2D eigenvalue weighted by atomic mass is 10.3. The fourth-order valence-electron chi connectivity index (χ4n) is 1.35. The average molecular weight is 281 g/mol. The molecule has 0 radical (unpaired) electrons. The Morgan fingerprint density at radius 3 is 2.89 bits per heavy atom. The Balaban J connectivity index is 2.17. The van der Waals surface area contributed by atoms with Crippen molar-refractivity contribution in [2.45, 2.75) is 15.9 Å². The first-order valence-corrected chi connectivity index (χ1v) is 7.11. The quantitative estimate of drug-likeness (QED) is 0.903. The number of hydrogen-bond acceptors (Lipinski definition) is 7. The van der Waals surface area contributed by atoms with Crippen molar-refractivity contribution < 1.29 is 0 Å². The highest BCUT2D eigenvalue weighted by Gasteiger charge is 2.10. The second-order valence-corrected chi connectivity index (χ2v) is 6.04. The van der Waals surface area contributed by atoms with E-state index >= 15 is 0 Å². The second kappa shape index (κ2) is 6.12. The lowest BCUT2D eigenvalue weighted by Gasteiger charge is -2.05. The Kier molecular flexibility index (Phi) is 4.51. The molecule has 5 nitrogen and oxygen atoms in total. The molecule has 0 unspecified atom stereocenters. The number of nitrogens with one attached hydrogen (secondary N) is 1. The molecule has 0 saturated carbocycles. The molecule has 0 aliphatic carbocycles. The number of anilines is 1. The molecule has 0 aliphatic heterocycles. The predicted octanol–water partition coefficient (Wildman–Crippen LogP) is 1.87. The van der Waals surface area contributed by atoms with Crippen LogP contribution in [0.1, 0.15) is 5.56 Å². The summed E-state index contributed by atoms with van der Waals surface area (Å²) in [5, 5.41) is 13.3. The monoisotopic (exact) mass is 281 g/mol. The van der Waals surface area contributed by atoms with Crippen molar-refractivity contribution in [1.82, 2.24) is 20.5 Å². The van der Waals surface area contributed by atoms with Gasteiger partial charge in [0.05, 0.1) is 0 Å². The molecule has 2 heterocycles. The van der Waals surface area contributed by atoms with Crippen molar-refractivity contribution in [2.24, 2.45) is 0 Å². The third-order valence-electron chi connectivity index (χ3n) is 2.18. The van der Waals surface area contributed by atoms with Gasteiger partial charge in [0.15, 0.2) is 4.34 Å². The van der Waals surface area contributed by atoms with Gasteiger partial charge in [-0.05, 0) is 30.4 Å². The summed E-state index contributed by atoms with van der Waals surface area (Å²) in [4.78, 5) is 6.35. The minimum atomic E-state index is 0.801. The van der Waals surface area contributed by atoms with Crippen molar-refractivity contribution in [3.05, 3.63) is 23.9 Å². The van der Waals surface area contributed by atoms with Crippen molar-refractivity contribution in [1.29, 1.82) is 0 Å². The fourth-order valence-corrected chi connectivity index (χ4v) is 3.11. The molecular weight excluding hydrogens is 266 g/mol. The smallest absolute Gasteiger partial charge is 0.208 e. The average Bonchev–Trinajstić information content (AvgIpc) is 2.81. The van der Waals surface area contributed by atoms with Gasteiger partial charge in [-0.15, -0.1) is 10.2 Å². The SMILES string of the molecule is CNCc1cccnc1Sc1nnc(N(C)C)s1. The zero-order valence-corrected chi connectivity index (χ0v) is 12.2. The van der Waals surface area contributed by atoms with Crippen LogP contribution in [0.3, 0.4) is 0 Å². The van der Waals surface area contributed by atoms with E-state index in [1.165, 1.54) is 5.56 Å². The number of pyridine rings is 1. The summed E-state index contributed by atoms with van der Waals surface area (Å²) in [6.07, 6.45) is 1.80. The van der Waals surface area contributed by atoms with Gasteiger partial charge in [-0.1, -0.05) is 17.4 Å². The Labute approximate surface area is 115 Å². The van der Waals surface area contributed by atoms with Crippen molar-refractivity contribution in [3.63, 3.8) is 0 Å². The van der Waals surface area contributed by atoms with Gasteiger partial charge in [-0.2, -0.15) is 0 Å². The maximum atomic E-state index is 4.39. The lowest BCUT2D eigenvalue weighted by Crippen LogP contribution is -2.07. The molecule has 2 rings (SSSR count). The summed E-state index contributed by atoms with van der Waals surface area (Å²) < 4.78 is 0.912. The molecule has 0 saturated heterocycles. The van der Waals surface area contributed by atoms with Crippen LogP contribution in [0.15, 0.2) is 27.7 Å². The number of rotatable bonds is 5. The fraction of sp³-hybridized carbons (Fsp3) is 0.364. The molecule has 0 fully saturated rings. The molecule has 2 aromatic heterocycles. The zero-order chi connectivity index (χ0) is 13.0. The van der Waals surface area contributed by atoms with E-state index in [0.717, 1.165) is 21.0 Å². The van der Waals surface area contributed by atoms with E-state index in [-0.39, 0.29) is 0 Å². The molecule has 96 valence electrons. The maximum absolute atomic E-state index is 4.39. The van der Waals surface area contributed by atoms with E-state index in [4.69, 9.17) is 0 Å². The Bertz CT molecular complexity index is 512. The van der Waals surface area contributed by atoms with E-state index in [1.807, 2.05) is 32.1 Å². The molecule has 0 amide bonds. The highest BCUT2D eigenvalue weighted by Crippen LogP contribution is 2.33. The van der Waals surface area contributed by atoms with Crippen LogP contribution in [-0.4, -0.2) is 36.3 Å². The van der Waals surface area contributed by atoms with Gasteiger partial charge in [0, 0.05) is 26.8 Å². The molecule has 0 bridgehead atoms. The van der Waals surface area contributed by atoms with Crippen LogP contribution in [0.4, 0.5) is 5.13 Å². The summed E-state index contributed by atoms with van der Waals surface area (Å²) in [5.74, 6) is 0. The third-order valence-corrected chi connectivity index (χ3v) is 4.38. The van der Waals surface area contributed by atoms with Crippen LogP contribution in [0.5, 0.6) is 0 Å². The summed E-state index contributed by atoms with van der Waals surface area (Å²) >= 11 is 3.13. The summed E-state index contributed by atoms with van der Waals surface area (Å²) in [6.45, 7) is 0.801. The van der Waals surface area contributed by atoms with E-state index in [0.29, 0.717) is 0 Å². The number of aromatic nitrogens is 3. The van der Waals surface area contributed by atoms with E-state index in [2.05, 4.69) is 26.6 Å². The first kappa shape index (κ1) is 13.3. The van der Waals surface area contributed by atoms with Crippen LogP contribution < -0.4 is 10.2 Å². The first-order valence-electron chi connectivity index (χ1n) is 5.48. The molecule has 2 aromatic rings. The topological polar surface area (TPSA) is 53.9 Å². The van der Waals surface area contributed by atoms with Crippen LogP contribution >= 0.6 is 23.1 Å². The number of nitrogens with zero attached hydrogens (tertiary/aromatic N) is 4. The molecule has 0 spiro atoms.